The van der Waals surface area contributed by atoms with Crippen LogP contribution in [0.25, 0.3) is 22.3 Å². The van der Waals surface area contributed by atoms with Gasteiger partial charge in [0.15, 0.2) is 0 Å². The van der Waals surface area contributed by atoms with Gasteiger partial charge < -0.3 is 37.2 Å². The molecule has 0 N–H and O–H groups in total. The fourth-order valence-electron chi connectivity index (χ4n) is 6.31. The van der Waals surface area contributed by atoms with Crippen molar-refractivity contribution in [3.63, 3.8) is 0 Å². The van der Waals surface area contributed by atoms with E-state index in [0.717, 1.165) is 12.8 Å². The molecule has 0 aromatic heterocycles. The van der Waals surface area contributed by atoms with E-state index in [1.54, 1.807) is 15.9 Å². The Morgan fingerprint density at radius 3 is 1.53 bits per heavy atom. The Morgan fingerprint density at radius 2 is 1.13 bits per heavy atom. The number of benzene rings is 3. The zero-order valence-corrected chi connectivity index (χ0v) is 34.8. The summed E-state index contributed by atoms with van der Waals surface area (Å²) >= 11 is 0. The molecule has 5 heteroatoms. The Kier molecular flexibility index (Phi) is 16.8. The fraction of sp³-hybridized carbons (Fsp3) is 0.425. The predicted octanol–water partition coefficient (Wildman–Crippen LogP) is 0.329. The Labute approximate surface area is 311 Å². The Bertz CT molecular complexity index is 1480. The van der Waals surface area contributed by atoms with Crippen molar-refractivity contribution in [3.05, 3.63) is 99.6 Å². The van der Waals surface area contributed by atoms with Crippen molar-refractivity contribution in [2.45, 2.75) is 113 Å². The molecule has 0 heterocycles. The molecule has 0 atom stereocenters. The number of hydrogen-bond acceptors (Lipinski definition) is 0. The predicted molar refractivity (Wildman–Crippen MR) is 187 cm³/mol. The van der Waals surface area contributed by atoms with Crippen molar-refractivity contribution in [1.29, 1.82) is 0 Å². The first-order chi connectivity index (χ1) is 19.1. The van der Waals surface area contributed by atoms with Gasteiger partial charge >= 0.3 is 21.7 Å². The zero-order valence-electron chi connectivity index (χ0n) is 29.6. The summed E-state index contributed by atoms with van der Waals surface area (Å²) in [5.41, 5.74) is 15.9. The first-order valence-electron chi connectivity index (χ1n) is 15.8. The minimum atomic E-state index is -0.728. The third kappa shape index (κ3) is 10.4. The van der Waals surface area contributed by atoms with Gasteiger partial charge in [0, 0.05) is 0 Å². The minimum Gasteiger partial charge on any atom is -1.00 e. The van der Waals surface area contributed by atoms with E-state index in [2.05, 4.69) is 144 Å². The maximum Gasteiger partial charge on any atom is 4.00 e. The summed E-state index contributed by atoms with van der Waals surface area (Å²) in [6.07, 6.45) is 2.14. The van der Waals surface area contributed by atoms with Crippen molar-refractivity contribution >= 4 is 19.9 Å². The van der Waals surface area contributed by atoms with Crippen LogP contribution < -0.4 is 47.6 Å². The Hall–Kier alpha value is -1.19. The summed E-state index contributed by atoms with van der Waals surface area (Å²) in [6.45, 7) is 28.0. The van der Waals surface area contributed by atoms with Gasteiger partial charge in [0.1, 0.15) is 0 Å². The average Bonchev–Trinajstić information content (AvgIpc) is 3.25. The summed E-state index contributed by atoms with van der Waals surface area (Å²) in [5, 5.41) is 3.17. The van der Waals surface area contributed by atoms with E-state index >= 15 is 0 Å². The topological polar surface area (TPSA) is 0 Å². The number of rotatable bonds is 7. The molecule has 45 heavy (non-hydrogen) atoms. The van der Waals surface area contributed by atoms with Gasteiger partial charge in [-0.1, -0.05) is 156 Å². The Balaban J connectivity index is 0.00000484. The van der Waals surface area contributed by atoms with Crippen LogP contribution in [0.5, 0.6) is 0 Å². The standard InChI is InChI=1S/C40H53Si.3ClH.Ti/c1-13-28-18-29(14-2)20-30(19-28)35-24-36(31-21-32(39(7,8)9)23-33(22-31)40(10,11)12)38(37(35)25(3)4)41-34-16-26(5)15-27(6)17-34;;;;/h15-25H,13-14,41H2,1-12H3;3*1H;/q-1;;;;+4/p-3. The summed E-state index contributed by atoms with van der Waals surface area (Å²) < 4.78 is 0. The summed E-state index contributed by atoms with van der Waals surface area (Å²) in [6, 6.07) is 24.5. The van der Waals surface area contributed by atoms with E-state index in [1.165, 1.54) is 55.6 Å². The van der Waals surface area contributed by atoms with Crippen LogP contribution in [0.1, 0.15) is 114 Å². The third-order valence-corrected chi connectivity index (χ3v) is 10.6. The van der Waals surface area contributed by atoms with E-state index < -0.39 is 9.52 Å². The second-order valence-electron chi connectivity index (χ2n) is 14.7. The molecule has 0 aliphatic carbocycles. The summed E-state index contributed by atoms with van der Waals surface area (Å²) in [5.74, 6) is 0.454. The van der Waals surface area contributed by atoms with Crippen LogP contribution in [0.15, 0.2) is 60.7 Å². The minimum absolute atomic E-state index is 0. The largest absolute Gasteiger partial charge is 4.00 e. The molecule has 0 spiro atoms. The van der Waals surface area contributed by atoms with Gasteiger partial charge in [0.2, 0.25) is 0 Å². The SMILES string of the molecule is CCc1cc(CC)cc(-c2c[c-](-c3cc(C(C)(C)C)cc(C(C)(C)C)c3)c([SiH2]c3cc(C)cc(C)c3)c2C(C)C)c1.[Cl-].[Cl-].[Cl-].[Ti+4]. The van der Waals surface area contributed by atoms with Crippen molar-refractivity contribution in [1.82, 2.24) is 0 Å². The van der Waals surface area contributed by atoms with Crippen LogP contribution in [0.3, 0.4) is 0 Å². The molecule has 0 aliphatic heterocycles. The number of aryl methyl sites for hydroxylation is 4. The molecule has 4 aromatic rings. The van der Waals surface area contributed by atoms with Crippen LogP contribution in [0.2, 0.25) is 0 Å². The van der Waals surface area contributed by atoms with Crippen molar-refractivity contribution in [2.75, 3.05) is 0 Å². The quantitative estimate of drug-likeness (QED) is 0.191. The van der Waals surface area contributed by atoms with Crippen molar-refractivity contribution < 1.29 is 58.9 Å². The second-order valence-corrected chi connectivity index (χ2v) is 16.6. The van der Waals surface area contributed by atoms with Gasteiger partial charge in [-0.3, -0.25) is 0 Å². The van der Waals surface area contributed by atoms with E-state index in [4.69, 9.17) is 0 Å². The molecule has 0 fully saturated rings. The number of hydrogen-bond donors (Lipinski definition) is 0. The van der Waals surface area contributed by atoms with E-state index in [9.17, 15) is 0 Å². The molecule has 0 unspecified atom stereocenters. The van der Waals surface area contributed by atoms with Crippen molar-refractivity contribution in [3.8, 4) is 22.3 Å². The zero-order chi connectivity index (χ0) is 30.3. The van der Waals surface area contributed by atoms with Gasteiger partial charge in [-0.15, -0.1) is 40.1 Å². The molecular weight excluding hydrogens is 663 g/mol. The maximum atomic E-state index is 2.57. The van der Waals surface area contributed by atoms with E-state index in [0.29, 0.717) is 5.92 Å². The first-order valence-corrected chi connectivity index (χ1v) is 17.2. The summed E-state index contributed by atoms with van der Waals surface area (Å²) in [7, 11) is -0.728. The van der Waals surface area contributed by atoms with Gasteiger partial charge in [-0.25, -0.2) is 0 Å². The molecule has 0 nitrogen and oxygen atoms in total. The molecule has 0 bridgehead atoms. The molecular formula is C40H53Cl3SiTi. The van der Waals surface area contributed by atoms with Gasteiger partial charge in [0.25, 0.3) is 0 Å². The van der Waals surface area contributed by atoms with Gasteiger partial charge in [0.05, 0.1) is 9.52 Å². The third-order valence-electron chi connectivity index (χ3n) is 8.62. The molecule has 242 valence electrons. The van der Waals surface area contributed by atoms with Crippen molar-refractivity contribution in [2.24, 2.45) is 0 Å². The molecule has 4 aromatic carbocycles. The van der Waals surface area contributed by atoms with Gasteiger partial charge in [-0.05, 0) is 48.6 Å². The molecule has 0 amide bonds. The molecule has 0 aliphatic rings. The number of halogens is 3. The van der Waals surface area contributed by atoms with E-state index in [-0.39, 0.29) is 69.8 Å². The molecule has 0 saturated heterocycles. The van der Waals surface area contributed by atoms with Gasteiger partial charge in [-0.2, -0.15) is 0 Å². The summed E-state index contributed by atoms with van der Waals surface area (Å²) in [4.78, 5) is 0. The average molecular weight is 716 g/mol. The van der Waals surface area contributed by atoms with Crippen LogP contribution in [-0.4, -0.2) is 9.52 Å². The maximum absolute atomic E-state index is 2.57. The fourth-order valence-corrected chi connectivity index (χ4v) is 8.86. The molecule has 4 rings (SSSR count). The van der Waals surface area contributed by atoms with Crippen LogP contribution in [-0.2, 0) is 45.4 Å². The monoisotopic (exact) mass is 714 g/mol. The van der Waals surface area contributed by atoms with Crippen LogP contribution in [0, 0.1) is 13.8 Å². The van der Waals surface area contributed by atoms with Crippen LogP contribution >= 0.6 is 0 Å². The molecule has 0 radical (unpaired) electrons. The van der Waals surface area contributed by atoms with E-state index in [1.807, 2.05) is 0 Å². The first kappa shape index (κ1) is 43.8. The van der Waals surface area contributed by atoms with Crippen LogP contribution in [0.4, 0.5) is 0 Å². The smallest absolute Gasteiger partial charge is 1.00 e. The second kappa shape index (κ2) is 17.3. The molecule has 0 saturated carbocycles. The Morgan fingerprint density at radius 1 is 0.667 bits per heavy atom. The normalized spacial score (nSPS) is 11.6.